The molecule has 5 aliphatic carbocycles. The first kappa shape index (κ1) is 47.1. The Morgan fingerprint density at radius 1 is 0.635 bits per heavy atom. The molecular formula is C71H66N2O. The van der Waals surface area contributed by atoms with E-state index in [9.17, 15) is 0 Å². The maximum Gasteiger partial charge on any atom is 0.0963 e. The monoisotopic (exact) mass is 963 g/mol. The fraction of sp³-hybridized carbons (Fsp3) is 0.211. The van der Waals surface area contributed by atoms with Gasteiger partial charge in [0.25, 0.3) is 0 Å². The van der Waals surface area contributed by atoms with Crippen molar-refractivity contribution < 1.29 is 4.74 Å². The lowest BCUT2D eigenvalue weighted by Crippen LogP contribution is -2.32. The summed E-state index contributed by atoms with van der Waals surface area (Å²) in [5.74, 6) is 1.76. The molecule has 366 valence electrons. The Kier molecular flexibility index (Phi) is 13.3. The molecule has 0 bridgehead atoms. The van der Waals surface area contributed by atoms with Crippen molar-refractivity contribution >= 4 is 35.7 Å². The summed E-state index contributed by atoms with van der Waals surface area (Å²) < 4.78 is 8.77. The lowest BCUT2D eigenvalue weighted by Gasteiger charge is -2.35. The highest BCUT2D eigenvalue weighted by molar-refractivity contribution is 5.86. The zero-order valence-corrected chi connectivity index (χ0v) is 42.6. The van der Waals surface area contributed by atoms with E-state index in [4.69, 9.17) is 4.74 Å². The fourth-order valence-corrected chi connectivity index (χ4v) is 12.8. The second kappa shape index (κ2) is 20.9. The molecule has 0 aliphatic heterocycles. The van der Waals surface area contributed by atoms with Crippen molar-refractivity contribution in [3.63, 3.8) is 0 Å². The van der Waals surface area contributed by atoms with Gasteiger partial charge in [0.1, 0.15) is 0 Å². The average Bonchev–Trinajstić information content (AvgIpc) is 3.95. The van der Waals surface area contributed by atoms with E-state index in [0.717, 1.165) is 88.6 Å². The van der Waals surface area contributed by atoms with Gasteiger partial charge in [-0.15, -0.1) is 0 Å². The second-order valence-corrected chi connectivity index (χ2v) is 20.8. The lowest BCUT2D eigenvalue weighted by molar-refractivity contribution is 0.194. The topological polar surface area (TPSA) is 17.4 Å². The van der Waals surface area contributed by atoms with Gasteiger partial charge in [-0.2, -0.15) is 0 Å². The van der Waals surface area contributed by atoms with E-state index in [0.29, 0.717) is 11.8 Å². The quantitative estimate of drug-likeness (QED) is 0.0846. The van der Waals surface area contributed by atoms with Crippen molar-refractivity contribution in [2.75, 3.05) is 11.5 Å². The Hall–Kier alpha value is -7.88. The van der Waals surface area contributed by atoms with E-state index in [-0.39, 0.29) is 5.41 Å². The number of allylic oxidation sites excluding steroid dienone is 9. The number of rotatable bonds is 17. The number of nitrogens with zero attached hydrogens (tertiary/aromatic N) is 2. The highest BCUT2D eigenvalue weighted by Gasteiger charge is 2.44. The van der Waals surface area contributed by atoms with Gasteiger partial charge >= 0.3 is 0 Å². The molecule has 0 saturated heterocycles. The van der Waals surface area contributed by atoms with Crippen molar-refractivity contribution in [2.24, 2.45) is 5.92 Å². The van der Waals surface area contributed by atoms with Crippen LogP contribution in [0.25, 0.3) is 41.1 Å². The number of benzene rings is 6. The number of hydrogen-bond acceptors (Lipinski definition) is 2. The number of anilines is 2. The minimum atomic E-state index is -0.275. The molecule has 6 aromatic carbocycles. The molecule has 0 fully saturated rings. The molecule has 1 heterocycles. The summed E-state index contributed by atoms with van der Waals surface area (Å²) >= 11 is 0. The molecular weight excluding hydrogens is 897 g/mol. The molecule has 0 saturated carbocycles. The Morgan fingerprint density at radius 2 is 1.38 bits per heavy atom. The van der Waals surface area contributed by atoms with Gasteiger partial charge in [-0.05, 0) is 138 Å². The SMILES string of the molecule is C=CC1=CC=C(OCCCCCCC2(c3ccccc3)c3ccccc3-c3ccc(N(C4=CCC(C5=Cc6c(n(-c7ccccc7)c7c6=CC(c6ccc(C=C)cc6)CC=7)CC5)C=C4)c4ccccc4)cc32)CC1. The van der Waals surface area contributed by atoms with Gasteiger partial charge in [-0.3, -0.25) is 0 Å². The van der Waals surface area contributed by atoms with E-state index >= 15 is 0 Å². The third-order valence-corrected chi connectivity index (χ3v) is 16.5. The van der Waals surface area contributed by atoms with Gasteiger partial charge in [-0.1, -0.05) is 208 Å². The normalized spacial score (nSPS) is 19.2. The first-order valence-electron chi connectivity index (χ1n) is 27.2. The zero-order valence-electron chi connectivity index (χ0n) is 42.6. The van der Waals surface area contributed by atoms with Crippen LogP contribution >= 0.6 is 0 Å². The van der Waals surface area contributed by atoms with Crippen LogP contribution in [0, 0.1) is 5.92 Å². The van der Waals surface area contributed by atoms with Crippen molar-refractivity contribution in [3.05, 3.63) is 280 Å². The Balaban J connectivity index is 0.849. The van der Waals surface area contributed by atoms with Gasteiger partial charge in [0.05, 0.1) is 12.4 Å². The van der Waals surface area contributed by atoms with Crippen LogP contribution in [0.15, 0.2) is 230 Å². The van der Waals surface area contributed by atoms with E-state index < -0.39 is 0 Å². The summed E-state index contributed by atoms with van der Waals surface area (Å²) in [6, 6.07) is 58.8. The molecule has 12 rings (SSSR count). The largest absolute Gasteiger partial charge is 0.498 e. The molecule has 7 aromatic rings. The Labute approximate surface area is 438 Å². The Bertz CT molecular complexity index is 3510. The fourth-order valence-electron chi connectivity index (χ4n) is 12.8. The maximum absolute atomic E-state index is 6.22. The summed E-state index contributed by atoms with van der Waals surface area (Å²) in [5, 5.41) is 2.71. The van der Waals surface area contributed by atoms with Crippen molar-refractivity contribution in [1.29, 1.82) is 0 Å². The molecule has 3 heteroatoms. The number of ether oxygens (including phenoxy) is 1. The van der Waals surface area contributed by atoms with Crippen LogP contribution in [0.1, 0.15) is 109 Å². The van der Waals surface area contributed by atoms with Gasteiger partial charge < -0.3 is 14.2 Å². The van der Waals surface area contributed by atoms with Gasteiger partial charge in [0.15, 0.2) is 0 Å². The minimum Gasteiger partial charge on any atom is -0.498 e. The summed E-state index contributed by atoms with van der Waals surface area (Å²) in [6.07, 6.45) is 34.7. The van der Waals surface area contributed by atoms with Crippen LogP contribution in [-0.4, -0.2) is 11.2 Å². The van der Waals surface area contributed by atoms with Crippen LogP contribution < -0.4 is 15.5 Å². The number of hydrogen-bond donors (Lipinski definition) is 0. The number of unbranched alkanes of at least 4 members (excludes halogenated alkanes) is 3. The zero-order chi connectivity index (χ0) is 49.8. The average molecular weight is 963 g/mol. The van der Waals surface area contributed by atoms with E-state index in [1.54, 1.807) is 0 Å². The Morgan fingerprint density at radius 3 is 2.14 bits per heavy atom. The molecule has 0 spiro atoms. The summed E-state index contributed by atoms with van der Waals surface area (Å²) in [5.41, 5.74) is 19.6. The van der Waals surface area contributed by atoms with Crippen LogP contribution in [0.3, 0.4) is 0 Å². The third-order valence-electron chi connectivity index (χ3n) is 16.5. The second-order valence-electron chi connectivity index (χ2n) is 20.8. The van der Waals surface area contributed by atoms with Crippen molar-refractivity contribution in [3.8, 4) is 16.8 Å². The number of aromatic nitrogens is 1. The molecule has 0 radical (unpaired) electrons. The molecule has 5 aliphatic rings. The summed E-state index contributed by atoms with van der Waals surface area (Å²) in [7, 11) is 0. The molecule has 3 unspecified atom stereocenters. The highest BCUT2D eigenvalue weighted by Crippen LogP contribution is 2.56. The van der Waals surface area contributed by atoms with Gasteiger partial charge in [-0.25, -0.2) is 0 Å². The number of para-hydroxylation sites is 2. The highest BCUT2D eigenvalue weighted by atomic mass is 16.5. The van der Waals surface area contributed by atoms with Crippen LogP contribution in [-0.2, 0) is 16.6 Å². The molecule has 0 amide bonds. The first-order valence-corrected chi connectivity index (χ1v) is 27.2. The van der Waals surface area contributed by atoms with E-state index in [2.05, 4.69) is 229 Å². The summed E-state index contributed by atoms with van der Waals surface area (Å²) in [6.45, 7) is 8.69. The molecule has 0 N–H and O–H groups in total. The molecule has 3 nitrogen and oxygen atoms in total. The van der Waals surface area contributed by atoms with Crippen molar-refractivity contribution in [2.45, 2.75) is 82.0 Å². The van der Waals surface area contributed by atoms with Crippen LogP contribution in [0.4, 0.5) is 11.4 Å². The predicted molar refractivity (Wildman–Crippen MR) is 311 cm³/mol. The van der Waals surface area contributed by atoms with Crippen LogP contribution in [0.2, 0.25) is 0 Å². The van der Waals surface area contributed by atoms with Gasteiger partial charge in [0.2, 0.25) is 0 Å². The standard InChI is InChI=1S/C71H66N2O/c1-3-51-28-32-53(33-29-51)55-36-44-69-65(48-55)66-49-56(37-45-70(66)73(69)59-24-14-9-15-25-59)54-34-38-60(39-35-54)72(58-22-12-8-13-23-58)61-40-43-64-63-26-16-17-27-67(63)71(68(64)50-61,57-20-10-7-11-21-57)46-18-5-6-19-47-74-62-41-30-52(4-2)31-42-62/h3-4,7-17,20-30,32-34,38-41,43-44,48-50,54-55H,1-2,5-6,18-19,31,35-37,42,45-47H2. The summed E-state index contributed by atoms with van der Waals surface area (Å²) in [4.78, 5) is 2.50. The number of fused-ring (bicyclic) bond motifs is 6. The van der Waals surface area contributed by atoms with E-state index in [1.165, 1.54) is 89.1 Å². The molecule has 3 atom stereocenters. The van der Waals surface area contributed by atoms with Gasteiger partial charge in [0, 0.05) is 68.3 Å². The molecule has 74 heavy (non-hydrogen) atoms. The minimum absolute atomic E-state index is 0.275. The first-order chi connectivity index (χ1) is 36.6. The van der Waals surface area contributed by atoms with E-state index in [1.807, 2.05) is 12.2 Å². The van der Waals surface area contributed by atoms with Crippen molar-refractivity contribution in [1.82, 2.24) is 4.57 Å². The lowest BCUT2D eigenvalue weighted by atomic mass is 9.69. The third kappa shape index (κ3) is 8.93. The maximum atomic E-state index is 6.22. The smallest absolute Gasteiger partial charge is 0.0963 e. The van der Waals surface area contributed by atoms with Crippen LogP contribution in [0.5, 0.6) is 0 Å². The predicted octanol–water partition coefficient (Wildman–Crippen LogP) is 16.6. The molecule has 1 aromatic heterocycles.